The van der Waals surface area contributed by atoms with Crippen molar-refractivity contribution in [1.29, 1.82) is 0 Å². The number of thioether (sulfide) groups is 1. The molecule has 2 aliphatic heterocycles. The molecule has 13 nitrogen and oxygen atoms in total. The smallest absolute Gasteiger partial charge is 0.455 e. The second-order valence-corrected chi connectivity index (χ2v) is 9.94. The Morgan fingerprint density at radius 3 is 2.79 bits per heavy atom. The Kier molecular flexibility index (Phi) is 7.55. The van der Waals surface area contributed by atoms with Gasteiger partial charge in [-0.25, -0.2) is 19.5 Å². The second kappa shape index (κ2) is 10.3. The molecule has 2 aromatic rings. The number of amides is 1. The summed E-state index contributed by atoms with van der Waals surface area (Å²) >= 11 is 1.28. The number of nitrogens with zero attached hydrogens (tertiary/aromatic N) is 4. The molecule has 0 radical (unpaired) electrons. The van der Waals surface area contributed by atoms with E-state index >= 15 is 0 Å². The normalized spacial score (nSPS) is 28.6. The lowest BCUT2D eigenvalue weighted by molar-refractivity contribution is -0.158. The highest BCUT2D eigenvalue weighted by Crippen LogP contribution is 2.53. The summed E-state index contributed by atoms with van der Waals surface area (Å²) in [5, 5.41) is 3.20. The number of aromatic nitrogens is 4. The monoisotopic (exact) mass is 515 g/mol. The summed E-state index contributed by atoms with van der Waals surface area (Å²) in [7, 11) is -4.33. The Labute approximate surface area is 199 Å². The quantitative estimate of drug-likeness (QED) is 0.300. The molecule has 2 aliphatic rings. The number of carbonyl (C=O) groups excluding carboxylic acids is 2. The van der Waals surface area contributed by atoms with Crippen molar-refractivity contribution in [2.75, 3.05) is 18.2 Å². The average Bonchev–Trinajstić information content (AvgIpc) is 3.32. The average molecular weight is 515 g/mol. The van der Waals surface area contributed by atoms with Crippen LogP contribution in [-0.2, 0) is 32.7 Å². The number of imidazole rings is 1. The van der Waals surface area contributed by atoms with E-state index in [1.165, 1.54) is 18.1 Å². The van der Waals surface area contributed by atoms with Gasteiger partial charge in [0.1, 0.15) is 18.5 Å². The number of phosphoric ester groups is 1. The number of phosphoric acid groups is 1. The lowest BCUT2D eigenvalue weighted by atomic mass is 10.1. The molecule has 0 aromatic carbocycles. The third-order valence-corrected chi connectivity index (χ3v) is 6.92. The fraction of sp³-hybridized carbons (Fsp3) is 0.632. The van der Waals surface area contributed by atoms with Crippen molar-refractivity contribution in [3.8, 4) is 0 Å². The summed E-state index contributed by atoms with van der Waals surface area (Å²) in [5.74, 6) is -0.463. The van der Waals surface area contributed by atoms with E-state index in [1.54, 1.807) is 10.8 Å². The SMILES string of the molecule is CCCC(=O)Nc1ncnc2c1nc(SC)n2[C@@H]1O[C@@H]2COP(=O)(O)O[C@H]2[C@H]1OC(=O)CCC. The highest BCUT2D eigenvalue weighted by molar-refractivity contribution is 7.98. The predicted molar refractivity (Wildman–Crippen MR) is 120 cm³/mol. The summed E-state index contributed by atoms with van der Waals surface area (Å²) in [6.45, 7) is 3.51. The molecule has 4 rings (SSSR count). The zero-order valence-corrected chi connectivity index (χ0v) is 20.6. The van der Waals surface area contributed by atoms with E-state index in [1.807, 2.05) is 13.8 Å². The summed E-state index contributed by atoms with van der Waals surface area (Å²) in [4.78, 5) is 47.5. The van der Waals surface area contributed by atoms with Gasteiger partial charge in [-0.05, 0) is 19.1 Å². The van der Waals surface area contributed by atoms with Crippen molar-refractivity contribution in [2.24, 2.45) is 0 Å². The fourth-order valence-corrected chi connectivity index (χ4v) is 5.37. The van der Waals surface area contributed by atoms with Gasteiger partial charge in [0.15, 0.2) is 34.5 Å². The first-order valence-electron chi connectivity index (χ1n) is 10.8. The third kappa shape index (κ3) is 4.97. The maximum atomic E-state index is 12.4. The summed E-state index contributed by atoms with van der Waals surface area (Å²) in [5.41, 5.74) is 0.665. The van der Waals surface area contributed by atoms with E-state index < -0.39 is 38.3 Å². The van der Waals surface area contributed by atoms with Gasteiger partial charge >= 0.3 is 13.8 Å². The second-order valence-electron chi connectivity index (χ2n) is 7.77. The molecule has 2 N–H and O–H groups in total. The molecule has 2 fully saturated rings. The molecule has 2 saturated heterocycles. The van der Waals surface area contributed by atoms with Gasteiger partial charge in [0.05, 0.1) is 6.61 Å². The van der Waals surface area contributed by atoms with Crippen molar-refractivity contribution >= 4 is 48.4 Å². The highest BCUT2D eigenvalue weighted by Gasteiger charge is 2.55. The molecule has 0 bridgehead atoms. The van der Waals surface area contributed by atoms with Crippen molar-refractivity contribution in [3.63, 3.8) is 0 Å². The molecular weight excluding hydrogens is 489 g/mol. The summed E-state index contributed by atoms with van der Waals surface area (Å²) < 4.78 is 35.7. The Bertz CT molecular complexity index is 1130. The minimum absolute atomic E-state index is 0.156. The maximum absolute atomic E-state index is 12.4. The third-order valence-electron chi connectivity index (χ3n) is 5.28. The number of esters is 1. The van der Waals surface area contributed by atoms with Crippen molar-refractivity contribution in [3.05, 3.63) is 6.33 Å². The van der Waals surface area contributed by atoms with E-state index in [2.05, 4.69) is 20.3 Å². The number of anilines is 1. The van der Waals surface area contributed by atoms with Crippen molar-refractivity contribution in [1.82, 2.24) is 19.5 Å². The van der Waals surface area contributed by atoms with E-state index in [4.69, 9.17) is 18.5 Å². The van der Waals surface area contributed by atoms with Crippen molar-refractivity contribution in [2.45, 2.75) is 69.2 Å². The zero-order valence-electron chi connectivity index (χ0n) is 18.9. The first kappa shape index (κ1) is 25.0. The minimum Gasteiger partial charge on any atom is -0.455 e. The lowest BCUT2D eigenvalue weighted by Crippen LogP contribution is -2.41. The van der Waals surface area contributed by atoms with Crippen LogP contribution in [0.2, 0.25) is 0 Å². The number of carbonyl (C=O) groups is 2. The van der Waals surface area contributed by atoms with E-state index in [0.717, 1.165) is 0 Å². The van der Waals surface area contributed by atoms with E-state index in [-0.39, 0.29) is 24.8 Å². The van der Waals surface area contributed by atoms with Crippen LogP contribution in [0.1, 0.15) is 45.8 Å². The van der Waals surface area contributed by atoms with Crippen LogP contribution in [-0.4, -0.2) is 67.5 Å². The number of fused-ring (bicyclic) bond motifs is 2. The molecule has 2 aromatic heterocycles. The molecule has 1 amide bonds. The molecule has 34 heavy (non-hydrogen) atoms. The van der Waals surface area contributed by atoms with Crippen LogP contribution in [0.25, 0.3) is 11.2 Å². The Morgan fingerprint density at radius 2 is 2.09 bits per heavy atom. The molecule has 4 heterocycles. The Morgan fingerprint density at radius 1 is 1.32 bits per heavy atom. The van der Waals surface area contributed by atoms with Gasteiger partial charge in [0, 0.05) is 12.8 Å². The van der Waals surface area contributed by atoms with Gasteiger partial charge in [-0.2, -0.15) is 0 Å². The molecule has 0 spiro atoms. The first-order chi connectivity index (χ1) is 16.3. The Balaban J connectivity index is 1.76. The van der Waals surface area contributed by atoms with Gasteiger partial charge in [-0.15, -0.1) is 0 Å². The lowest BCUT2D eigenvalue weighted by Gasteiger charge is -2.29. The zero-order chi connectivity index (χ0) is 24.5. The first-order valence-corrected chi connectivity index (χ1v) is 13.6. The van der Waals surface area contributed by atoms with Gasteiger partial charge in [0.2, 0.25) is 5.91 Å². The molecule has 5 atom stereocenters. The van der Waals surface area contributed by atoms with Gasteiger partial charge in [0.25, 0.3) is 0 Å². The highest BCUT2D eigenvalue weighted by atomic mass is 32.2. The summed E-state index contributed by atoms with van der Waals surface area (Å²) in [6.07, 6.45) is 0.953. The maximum Gasteiger partial charge on any atom is 0.472 e. The molecule has 1 unspecified atom stereocenters. The number of hydrogen-bond donors (Lipinski definition) is 2. The van der Waals surface area contributed by atoms with E-state index in [0.29, 0.717) is 35.6 Å². The number of ether oxygens (including phenoxy) is 2. The predicted octanol–water partition coefficient (Wildman–Crippen LogP) is 2.41. The van der Waals surface area contributed by atoms with Crippen LogP contribution >= 0.6 is 19.6 Å². The largest absolute Gasteiger partial charge is 0.472 e. The fourth-order valence-electron chi connectivity index (χ4n) is 3.84. The van der Waals surface area contributed by atoms with Gasteiger partial charge < -0.3 is 19.7 Å². The molecule has 0 saturated carbocycles. The molecule has 15 heteroatoms. The van der Waals surface area contributed by atoms with Crippen LogP contribution < -0.4 is 5.32 Å². The van der Waals surface area contributed by atoms with Crippen molar-refractivity contribution < 1.29 is 37.6 Å². The number of hydrogen-bond acceptors (Lipinski definition) is 11. The topological polar surface area (TPSA) is 164 Å². The van der Waals surface area contributed by atoms with Gasteiger partial charge in [-0.3, -0.25) is 23.2 Å². The standard InChI is InChI=1S/C19H26N5O8PS/c1-4-6-11(25)22-16-13-17(21-9-20-16)24(19(23-13)34-3)18-15(31-12(26)7-5-2)14-10(30-18)8-29-33(27,28)32-14/h9-10,14-15,18H,4-8H2,1-3H3,(H,27,28)(H,20,21,22,25)/t10-,14-,15-,18-/m1/s1. The van der Waals surface area contributed by atoms with Crippen LogP contribution in [0.15, 0.2) is 11.5 Å². The van der Waals surface area contributed by atoms with Crippen LogP contribution in [0.5, 0.6) is 0 Å². The number of rotatable bonds is 8. The minimum atomic E-state index is -4.33. The molecule has 0 aliphatic carbocycles. The number of nitrogens with one attached hydrogen (secondary N) is 1. The van der Waals surface area contributed by atoms with E-state index in [9.17, 15) is 19.0 Å². The molecular formula is C19H26N5O8PS. The molecule has 186 valence electrons. The summed E-state index contributed by atoms with van der Waals surface area (Å²) in [6, 6.07) is 0. The Hall–Kier alpha value is -2.09. The van der Waals surface area contributed by atoms with Crippen LogP contribution in [0.4, 0.5) is 5.82 Å². The van der Waals surface area contributed by atoms with Gasteiger partial charge in [-0.1, -0.05) is 25.6 Å². The van der Waals surface area contributed by atoms with Crippen LogP contribution in [0, 0.1) is 0 Å². The van der Waals surface area contributed by atoms with Crippen LogP contribution in [0.3, 0.4) is 0 Å².